The monoisotopic (exact) mass is 363 g/mol. The molecule has 1 saturated heterocycles. The number of guanidine groups is 1. The standard InChI is InChI=1S/C15H24F3N5S/c1-4-19-13(21-10-14(2)6-5-7-24-14)20-8-11-9-23(3)22-12(11)15(16,17)18/h9H,4-8,10H2,1-3H3,(H2,19,20,21). The van der Waals surface area contributed by atoms with Crippen LogP contribution in [0.2, 0.25) is 0 Å². The van der Waals surface area contributed by atoms with Crippen molar-refractivity contribution < 1.29 is 13.2 Å². The molecule has 0 aromatic carbocycles. The smallest absolute Gasteiger partial charge is 0.357 e. The summed E-state index contributed by atoms with van der Waals surface area (Å²) in [5.74, 6) is 1.68. The summed E-state index contributed by atoms with van der Waals surface area (Å²) < 4.78 is 40.3. The van der Waals surface area contributed by atoms with Crippen molar-refractivity contribution in [2.24, 2.45) is 12.0 Å². The Kier molecular flexibility index (Phi) is 6.06. The first-order chi connectivity index (χ1) is 11.2. The molecule has 0 bridgehead atoms. The van der Waals surface area contributed by atoms with Gasteiger partial charge in [0.2, 0.25) is 0 Å². The van der Waals surface area contributed by atoms with Gasteiger partial charge in [0.25, 0.3) is 0 Å². The molecule has 1 unspecified atom stereocenters. The summed E-state index contributed by atoms with van der Waals surface area (Å²) in [7, 11) is 1.48. The van der Waals surface area contributed by atoms with Crippen LogP contribution in [0.1, 0.15) is 37.9 Å². The van der Waals surface area contributed by atoms with Crippen molar-refractivity contribution in [2.75, 3.05) is 18.8 Å². The molecule has 0 spiro atoms. The Morgan fingerprint density at radius 1 is 1.46 bits per heavy atom. The number of rotatable bonds is 5. The van der Waals surface area contributed by atoms with Gasteiger partial charge >= 0.3 is 6.18 Å². The molecule has 1 aliphatic rings. The zero-order valence-corrected chi connectivity index (χ0v) is 15.0. The van der Waals surface area contributed by atoms with Crippen LogP contribution in [0.4, 0.5) is 13.2 Å². The number of thioether (sulfide) groups is 1. The second-order valence-electron chi connectivity index (χ2n) is 6.13. The molecule has 2 heterocycles. The van der Waals surface area contributed by atoms with Crippen molar-refractivity contribution >= 4 is 17.7 Å². The summed E-state index contributed by atoms with van der Waals surface area (Å²) in [6.07, 6.45) is -0.776. The molecular formula is C15H24F3N5S. The molecule has 0 amide bonds. The number of aryl methyl sites for hydroxylation is 1. The average Bonchev–Trinajstić information content (AvgIpc) is 3.08. The van der Waals surface area contributed by atoms with Gasteiger partial charge in [-0.15, -0.1) is 0 Å². The van der Waals surface area contributed by atoms with E-state index in [0.717, 1.165) is 18.7 Å². The van der Waals surface area contributed by atoms with Gasteiger partial charge < -0.3 is 10.6 Å². The third-order valence-electron chi connectivity index (χ3n) is 3.86. The molecule has 5 nitrogen and oxygen atoms in total. The van der Waals surface area contributed by atoms with E-state index in [2.05, 4.69) is 27.6 Å². The van der Waals surface area contributed by atoms with Crippen molar-refractivity contribution in [1.82, 2.24) is 20.4 Å². The summed E-state index contributed by atoms with van der Waals surface area (Å²) >= 11 is 1.92. The number of nitrogens with zero attached hydrogens (tertiary/aromatic N) is 3. The maximum Gasteiger partial charge on any atom is 0.435 e. The number of aliphatic imine (C=N–C) groups is 1. The lowest BCUT2D eigenvalue weighted by atomic mass is 10.1. The lowest BCUT2D eigenvalue weighted by Gasteiger charge is -2.24. The van der Waals surface area contributed by atoms with Gasteiger partial charge in [0.1, 0.15) is 0 Å². The highest BCUT2D eigenvalue weighted by Gasteiger charge is 2.36. The number of halogens is 3. The number of aromatic nitrogens is 2. The Morgan fingerprint density at radius 2 is 2.21 bits per heavy atom. The summed E-state index contributed by atoms with van der Waals surface area (Å²) in [5.41, 5.74) is -0.799. The second-order valence-corrected chi connectivity index (χ2v) is 7.81. The average molecular weight is 363 g/mol. The molecule has 1 aromatic rings. The topological polar surface area (TPSA) is 54.2 Å². The van der Waals surface area contributed by atoms with E-state index in [1.165, 1.54) is 24.3 Å². The van der Waals surface area contributed by atoms with E-state index in [0.29, 0.717) is 12.5 Å². The van der Waals surface area contributed by atoms with Crippen LogP contribution >= 0.6 is 11.8 Å². The third-order valence-corrected chi connectivity index (χ3v) is 5.39. The summed E-state index contributed by atoms with van der Waals surface area (Å²) in [4.78, 5) is 4.30. The molecule has 136 valence electrons. The predicted octanol–water partition coefficient (Wildman–Crippen LogP) is 2.78. The fourth-order valence-corrected chi connectivity index (χ4v) is 3.89. The molecule has 2 N–H and O–H groups in total. The molecule has 1 fully saturated rings. The van der Waals surface area contributed by atoms with Gasteiger partial charge in [0.05, 0.1) is 6.54 Å². The fourth-order valence-electron chi connectivity index (χ4n) is 2.64. The van der Waals surface area contributed by atoms with E-state index in [1.807, 2.05) is 18.7 Å². The van der Waals surface area contributed by atoms with E-state index in [4.69, 9.17) is 0 Å². The highest BCUT2D eigenvalue weighted by atomic mass is 32.2. The van der Waals surface area contributed by atoms with Gasteiger partial charge in [0, 0.05) is 36.6 Å². The second kappa shape index (κ2) is 7.67. The summed E-state index contributed by atoms with van der Waals surface area (Å²) in [5, 5.41) is 9.83. The van der Waals surface area contributed by atoms with Crippen LogP contribution in [0.5, 0.6) is 0 Å². The number of hydrogen-bond acceptors (Lipinski definition) is 3. The number of alkyl halides is 3. The first-order valence-corrected chi connectivity index (χ1v) is 8.98. The zero-order valence-electron chi connectivity index (χ0n) is 14.2. The van der Waals surface area contributed by atoms with Gasteiger partial charge in [-0.1, -0.05) is 0 Å². The van der Waals surface area contributed by atoms with Crippen LogP contribution in [0.3, 0.4) is 0 Å². The van der Waals surface area contributed by atoms with Crippen LogP contribution in [-0.4, -0.2) is 39.3 Å². The lowest BCUT2D eigenvalue weighted by molar-refractivity contribution is -0.142. The Hall–Kier alpha value is -1.38. The molecule has 24 heavy (non-hydrogen) atoms. The van der Waals surface area contributed by atoms with Gasteiger partial charge in [-0.05, 0) is 32.4 Å². The lowest BCUT2D eigenvalue weighted by Crippen LogP contribution is -2.43. The Morgan fingerprint density at radius 3 is 2.79 bits per heavy atom. The molecule has 0 saturated carbocycles. The van der Waals surface area contributed by atoms with E-state index in [-0.39, 0.29) is 16.9 Å². The highest BCUT2D eigenvalue weighted by Crippen LogP contribution is 2.37. The first-order valence-electron chi connectivity index (χ1n) is 7.99. The third kappa shape index (κ3) is 5.06. The van der Waals surface area contributed by atoms with Gasteiger partial charge in [-0.3, -0.25) is 4.68 Å². The Labute approximate surface area is 144 Å². The van der Waals surface area contributed by atoms with E-state index in [1.54, 1.807) is 0 Å². The molecule has 2 rings (SSSR count). The van der Waals surface area contributed by atoms with E-state index < -0.39 is 11.9 Å². The summed E-state index contributed by atoms with van der Waals surface area (Å²) in [6, 6.07) is 0. The predicted molar refractivity (Wildman–Crippen MR) is 91.1 cm³/mol. The zero-order chi connectivity index (χ0) is 17.8. The minimum Gasteiger partial charge on any atom is -0.357 e. The van der Waals surface area contributed by atoms with Crippen molar-refractivity contribution in [3.05, 3.63) is 17.5 Å². The number of nitrogens with one attached hydrogen (secondary N) is 2. The van der Waals surface area contributed by atoms with Crippen LogP contribution in [0.25, 0.3) is 0 Å². The van der Waals surface area contributed by atoms with E-state index in [9.17, 15) is 13.2 Å². The van der Waals surface area contributed by atoms with Crippen LogP contribution in [-0.2, 0) is 19.8 Å². The van der Waals surface area contributed by atoms with Crippen LogP contribution in [0, 0.1) is 0 Å². The molecule has 9 heteroatoms. The molecule has 0 radical (unpaired) electrons. The first kappa shape index (κ1) is 19.0. The minimum atomic E-state index is -4.47. The minimum absolute atomic E-state index is 0.0676. The molecule has 0 aliphatic carbocycles. The fraction of sp³-hybridized carbons (Fsp3) is 0.733. The quantitative estimate of drug-likeness (QED) is 0.624. The van der Waals surface area contributed by atoms with Gasteiger partial charge in [-0.2, -0.15) is 30.0 Å². The molecular weight excluding hydrogens is 339 g/mol. The number of hydrogen-bond donors (Lipinski definition) is 2. The van der Waals surface area contributed by atoms with Crippen LogP contribution < -0.4 is 10.6 Å². The van der Waals surface area contributed by atoms with Crippen molar-refractivity contribution in [1.29, 1.82) is 0 Å². The SMILES string of the molecule is CCNC(=NCc1cn(C)nc1C(F)(F)F)NCC1(C)CCCS1. The Bertz CT molecular complexity index is 576. The van der Waals surface area contributed by atoms with Gasteiger partial charge in [-0.25, -0.2) is 4.99 Å². The maximum absolute atomic E-state index is 13.0. The van der Waals surface area contributed by atoms with Crippen molar-refractivity contribution in [2.45, 2.75) is 44.2 Å². The largest absolute Gasteiger partial charge is 0.435 e. The van der Waals surface area contributed by atoms with E-state index >= 15 is 0 Å². The van der Waals surface area contributed by atoms with Crippen molar-refractivity contribution in [3.8, 4) is 0 Å². The molecule has 1 aliphatic heterocycles. The van der Waals surface area contributed by atoms with Gasteiger partial charge in [0.15, 0.2) is 11.7 Å². The molecule has 1 atom stereocenters. The highest BCUT2D eigenvalue weighted by molar-refractivity contribution is 8.00. The van der Waals surface area contributed by atoms with Crippen molar-refractivity contribution in [3.63, 3.8) is 0 Å². The van der Waals surface area contributed by atoms with Crippen LogP contribution in [0.15, 0.2) is 11.2 Å². The summed E-state index contributed by atoms with van der Waals surface area (Å²) in [6.45, 7) is 5.44. The maximum atomic E-state index is 13.0. The molecule has 1 aromatic heterocycles. The Balaban J connectivity index is 2.05. The normalized spacial score (nSPS) is 22.0.